The van der Waals surface area contributed by atoms with Gasteiger partial charge in [-0.3, -0.25) is 5.10 Å². The Bertz CT molecular complexity index is 685. The fourth-order valence-corrected chi connectivity index (χ4v) is 1.82. The summed E-state index contributed by atoms with van der Waals surface area (Å²) in [4.78, 5) is 11.7. The Balaban J connectivity index is 2.10. The molecule has 0 radical (unpaired) electrons. The Morgan fingerprint density at radius 3 is 2.68 bits per heavy atom. The van der Waals surface area contributed by atoms with Gasteiger partial charge in [0.15, 0.2) is 5.11 Å². The molecule has 22 heavy (non-hydrogen) atoms. The number of aromatic nitrogens is 2. The number of halogens is 2. The molecule has 1 aromatic heterocycles. The number of benzene rings is 1. The quantitative estimate of drug-likeness (QED) is 0.592. The third-order valence-electron chi connectivity index (χ3n) is 2.57. The number of rotatable bonds is 4. The number of nitrogens with one attached hydrogen (secondary N) is 3. The molecule has 0 fully saturated rings. The average molecular weight is 326 g/mol. The van der Waals surface area contributed by atoms with Crippen LogP contribution in [0, 0.1) is 11.6 Å². The SMILES string of the molecule is CCOC(=O)c1cn[nH]c1NC(=S)Nc1c(F)cccc1F. The molecule has 0 bridgehead atoms. The molecule has 0 atom stereocenters. The highest BCUT2D eigenvalue weighted by atomic mass is 32.1. The van der Waals surface area contributed by atoms with Gasteiger partial charge in [0.05, 0.1) is 12.8 Å². The van der Waals surface area contributed by atoms with E-state index in [9.17, 15) is 13.6 Å². The summed E-state index contributed by atoms with van der Waals surface area (Å²) in [5.74, 6) is -2.02. The molecule has 2 aromatic rings. The molecule has 0 aliphatic carbocycles. The third-order valence-corrected chi connectivity index (χ3v) is 2.78. The van der Waals surface area contributed by atoms with Crippen molar-refractivity contribution in [3.05, 3.63) is 41.6 Å². The van der Waals surface area contributed by atoms with Crippen LogP contribution >= 0.6 is 12.2 Å². The lowest BCUT2D eigenvalue weighted by Gasteiger charge is -2.11. The van der Waals surface area contributed by atoms with Gasteiger partial charge in [-0.15, -0.1) is 0 Å². The van der Waals surface area contributed by atoms with E-state index in [0.29, 0.717) is 0 Å². The summed E-state index contributed by atoms with van der Waals surface area (Å²) >= 11 is 4.96. The molecule has 6 nitrogen and oxygen atoms in total. The Kier molecular flexibility index (Phi) is 4.99. The number of hydrogen-bond donors (Lipinski definition) is 3. The number of esters is 1. The molecular formula is C13H12F2N4O2S. The van der Waals surface area contributed by atoms with E-state index in [1.165, 1.54) is 12.3 Å². The van der Waals surface area contributed by atoms with Crippen LogP contribution in [-0.4, -0.2) is 27.9 Å². The third kappa shape index (κ3) is 3.55. The summed E-state index contributed by atoms with van der Waals surface area (Å²) in [7, 11) is 0. The van der Waals surface area contributed by atoms with E-state index in [4.69, 9.17) is 17.0 Å². The number of aromatic amines is 1. The van der Waals surface area contributed by atoms with Crippen molar-refractivity contribution in [3.8, 4) is 0 Å². The molecule has 9 heteroatoms. The molecule has 0 unspecified atom stereocenters. The van der Waals surface area contributed by atoms with E-state index in [2.05, 4.69) is 20.8 Å². The van der Waals surface area contributed by atoms with Crippen LogP contribution < -0.4 is 10.6 Å². The lowest BCUT2D eigenvalue weighted by molar-refractivity contribution is 0.0527. The van der Waals surface area contributed by atoms with Gasteiger partial charge in [-0.1, -0.05) is 6.07 Å². The standard InChI is InChI=1S/C13H12F2N4O2S/c1-2-21-12(20)7-6-16-19-11(7)18-13(22)17-10-8(14)4-3-5-9(10)15/h3-6H,2H2,1H3,(H3,16,17,18,19,22). The highest BCUT2D eigenvalue weighted by Gasteiger charge is 2.17. The van der Waals surface area contributed by atoms with Gasteiger partial charge in [-0.2, -0.15) is 5.10 Å². The number of carbonyl (C=O) groups excluding carboxylic acids is 1. The molecule has 0 saturated heterocycles. The van der Waals surface area contributed by atoms with Crippen molar-refractivity contribution >= 4 is 34.8 Å². The predicted octanol–water partition coefficient (Wildman–Crippen LogP) is 2.67. The van der Waals surface area contributed by atoms with Crippen molar-refractivity contribution < 1.29 is 18.3 Å². The van der Waals surface area contributed by atoms with Crippen molar-refractivity contribution in [2.24, 2.45) is 0 Å². The van der Waals surface area contributed by atoms with E-state index in [-0.39, 0.29) is 23.1 Å². The van der Waals surface area contributed by atoms with Crippen LogP contribution in [0.4, 0.5) is 20.3 Å². The van der Waals surface area contributed by atoms with Crippen LogP contribution in [0.5, 0.6) is 0 Å². The smallest absolute Gasteiger partial charge is 0.343 e. The minimum absolute atomic E-state index is 0.112. The maximum absolute atomic E-state index is 13.5. The lowest BCUT2D eigenvalue weighted by atomic mass is 10.3. The number of H-pyrrole nitrogens is 1. The highest BCUT2D eigenvalue weighted by Crippen LogP contribution is 2.19. The van der Waals surface area contributed by atoms with Crippen LogP contribution in [0.1, 0.15) is 17.3 Å². The summed E-state index contributed by atoms with van der Waals surface area (Å²) in [5.41, 5.74) is -0.266. The lowest BCUT2D eigenvalue weighted by Crippen LogP contribution is -2.22. The van der Waals surface area contributed by atoms with Gasteiger partial charge in [0.1, 0.15) is 28.7 Å². The van der Waals surface area contributed by atoms with E-state index in [1.807, 2.05) is 0 Å². The monoisotopic (exact) mass is 326 g/mol. The van der Waals surface area contributed by atoms with E-state index in [0.717, 1.165) is 12.1 Å². The van der Waals surface area contributed by atoms with Crippen LogP contribution in [0.2, 0.25) is 0 Å². The van der Waals surface area contributed by atoms with Gasteiger partial charge in [-0.05, 0) is 31.3 Å². The second-order valence-electron chi connectivity index (χ2n) is 4.05. The Labute approximate surface area is 129 Å². The molecule has 2 rings (SSSR count). The zero-order chi connectivity index (χ0) is 16.1. The second kappa shape index (κ2) is 6.94. The maximum Gasteiger partial charge on any atom is 0.343 e. The van der Waals surface area contributed by atoms with E-state index < -0.39 is 23.3 Å². The number of carbonyl (C=O) groups is 1. The number of hydrogen-bond acceptors (Lipinski definition) is 4. The predicted molar refractivity (Wildman–Crippen MR) is 80.7 cm³/mol. The van der Waals surface area contributed by atoms with Crippen LogP contribution in [0.15, 0.2) is 24.4 Å². The van der Waals surface area contributed by atoms with Gasteiger partial charge >= 0.3 is 5.97 Å². The number of thiocarbonyl (C=S) groups is 1. The average Bonchev–Trinajstić information content (AvgIpc) is 2.91. The summed E-state index contributed by atoms with van der Waals surface area (Å²) in [5, 5.41) is 11.1. The molecule has 0 saturated carbocycles. The van der Waals surface area contributed by atoms with Gasteiger partial charge in [0, 0.05) is 0 Å². The van der Waals surface area contributed by atoms with Crippen molar-refractivity contribution in [2.75, 3.05) is 17.2 Å². The van der Waals surface area contributed by atoms with E-state index in [1.54, 1.807) is 6.92 Å². The zero-order valence-corrected chi connectivity index (χ0v) is 12.3. The summed E-state index contributed by atoms with van der Waals surface area (Å²) < 4.78 is 31.9. The van der Waals surface area contributed by atoms with Crippen molar-refractivity contribution in [3.63, 3.8) is 0 Å². The van der Waals surface area contributed by atoms with Gasteiger partial charge in [-0.25, -0.2) is 13.6 Å². The first-order valence-corrected chi connectivity index (χ1v) is 6.66. The first-order chi connectivity index (χ1) is 10.5. The molecule has 3 N–H and O–H groups in total. The van der Waals surface area contributed by atoms with Crippen molar-refractivity contribution in [1.29, 1.82) is 0 Å². The number of nitrogens with zero attached hydrogens (tertiary/aromatic N) is 1. The second-order valence-corrected chi connectivity index (χ2v) is 4.46. The maximum atomic E-state index is 13.5. The minimum atomic E-state index is -0.792. The molecule has 116 valence electrons. The summed E-state index contributed by atoms with van der Waals surface area (Å²) in [6, 6.07) is 3.42. The van der Waals surface area contributed by atoms with Crippen LogP contribution in [-0.2, 0) is 4.74 Å². The van der Waals surface area contributed by atoms with Gasteiger partial charge in [0.25, 0.3) is 0 Å². The van der Waals surface area contributed by atoms with Gasteiger partial charge in [0.2, 0.25) is 0 Å². The number of para-hydroxylation sites is 1. The molecular weight excluding hydrogens is 314 g/mol. The number of ether oxygens (including phenoxy) is 1. The molecule has 0 spiro atoms. The first-order valence-electron chi connectivity index (χ1n) is 6.25. The van der Waals surface area contributed by atoms with Crippen molar-refractivity contribution in [2.45, 2.75) is 6.92 Å². The fourth-order valence-electron chi connectivity index (χ4n) is 1.62. The molecule has 0 amide bonds. The molecule has 1 aromatic carbocycles. The zero-order valence-electron chi connectivity index (χ0n) is 11.4. The van der Waals surface area contributed by atoms with Crippen molar-refractivity contribution in [1.82, 2.24) is 10.2 Å². The largest absolute Gasteiger partial charge is 0.462 e. The highest BCUT2D eigenvalue weighted by molar-refractivity contribution is 7.80. The summed E-state index contributed by atoms with van der Waals surface area (Å²) in [6.07, 6.45) is 1.26. The molecule has 1 heterocycles. The minimum Gasteiger partial charge on any atom is -0.462 e. The Morgan fingerprint density at radius 1 is 1.36 bits per heavy atom. The topological polar surface area (TPSA) is 79.0 Å². The first kappa shape index (κ1) is 15.8. The fraction of sp³-hybridized carbons (Fsp3) is 0.154. The van der Waals surface area contributed by atoms with Gasteiger partial charge < -0.3 is 15.4 Å². The van der Waals surface area contributed by atoms with Crippen LogP contribution in [0.3, 0.4) is 0 Å². The van der Waals surface area contributed by atoms with E-state index >= 15 is 0 Å². The Morgan fingerprint density at radius 2 is 2.05 bits per heavy atom. The van der Waals surface area contributed by atoms with Crippen LogP contribution in [0.25, 0.3) is 0 Å². The summed E-state index contributed by atoms with van der Waals surface area (Å²) in [6.45, 7) is 1.87. The Hall–Kier alpha value is -2.55. The molecule has 0 aliphatic heterocycles. The normalized spacial score (nSPS) is 10.1. The number of anilines is 2. The molecule has 0 aliphatic rings.